The van der Waals surface area contributed by atoms with Crippen molar-refractivity contribution in [3.05, 3.63) is 53.4 Å². The Bertz CT molecular complexity index is 951. The Morgan fingerprint density at radius 3 is 2.93 bits per heavy atom. The molecule has 0 spiro atoms. The van der Waals surface area contributed by atoms with Crippen molar-refractivity contribution in [2.24, 2.45) is 0 Å². The first-order chi connectivity index (χ1) is 13.0. The first-order valence-corrected chi connectivity index (χ1v) is 8.59. The van der Waals surface area contributed by atoms with Crippen LogP contribution in [0.5, 0.6) is 11.6 Å². The van der Waals surface area contributed by atoms with Crippen LogP contribution in [0.4, 0.5) is 0 Å². The topological polar surface area (TPSA) is 93.8 Å². The molecule has 0 saturated heterocycles. The molecule has 1 atom stereocenters. The van der Waals surface area contributed by atoms with Crippen LogP contribution in [0.2, 0.25) is 0 Å². The average molecular weight is 370 g/mol. The predicted octanol–water partition coefficient (Wildman–Crippen LogP) is 2.83. The number of furan rings is 1. The number of aryl methyl sites for hydroxylation is 1. The van der Waals surface area contributed by atoms with Crippen LogP contribution in [0.1, 0.15) is 28.6 Å². The van der Waals surface area contributed by atoms with Crippen LogP contribution >= 0.6 is 0 Å². The largest absolute Gasteiger partial charge is 0.489 e. The molecule has 0 bridgehead atoms. The lowest BCUT2D eigenvalue weighted by Gasteiger charge is -2.11. The van der Waals surface area contributed by atoms with Crippen molar-refractivity contribution in [2.75, 3.05) is 13.7 Å². The minimum Gasteiger partial charge on any atom is -0.489 e. The maximum absolute atomic E-state index is 12.5. The molecule has 2 aromatic heterocycles. The van der Waals surface area contributed by atoms with E-state index in [0.29, 0.717) is 33.9 Å². The summed E-state index contributed by atoms with van der Waals surface area (Å²) in [6.45, 7) is 3.61. The highest BCUT2D eigenvalue weighted by Crippen LogP contribution is 2.30. The van der Waals surface area contributed by atoms with Crippen molar-refractivity contribution >= 4 is 16.9 Å². The van der Waals surface area contributed by atoms with E-state index in [9.17, 15) is 4.79 Å². The average Bonchev–Trinajstić information content (AvgIpc) is 3.01. The smallest absolute Gasteiger partial charge is 0.255 e. The molecule has 2 N–H and O–H groups in total. The number of rotatable bonds is 7. The maximum Gasteiger partial charge on any atom is 0.255 e. The normalized spacial score (nSPS) is 12.0. The summed E-state index contributed by atoms with van der Waals surface area (Å²) in [5, 5.41) is 12.6. The first kappa shape index (κ1) is 18.7. The molecule has 142 valence electrons. The van der Waals surface area contributed by atoms with Gasteiger partial charge in [0.15, 0.2) is 0 Å². The van der Waals surface area contributed by atoms with Crippen molar-refractivity contribution < 1.29 is 23.8 Å². The summed E-state index contributed by atoms with van der Waals surface area (Å²) in [6.07, 6.45) is 1.65. The van der Waals surface area contributed by atoms with Crippen LogP contribution in [0.25, 0.3) is 11.0 Å². The molecule has 3 rings (SSSR count). The van der Waals surface area contributed by atoms with Crippen LogP contribution < -0.4 is 14.8 Å². The van der Waals surface area contributed by atoms with E-state index in [1.165, 1.54) is 0 Å². The number of nitrogens with zero attached hydrogens (tertiary/aromatic N) is 1. The number of pyridine rings is 1. The predicted molar refractivity (Wildman–Crippen MR) is 100 cm³/mol. The fraction of sp³-hybridized carbons (Fsp3) is 0.300. The summed E-state index contributed by atoms with van der Waals surface area (Å²) >= 11 is 0. The van der Waals surface area contributed by atoms with E-state index in [4.69, 9.17) is 19.0 Å². The third-order valence-electron chi connectivity index (χ3n) is 4.15. The molecule has 3 aromatic rings. The van der Waals surface area contributed by atoms with Gasteiger partial charge >= 0.3 is 0 Å². The van der Waals surface area contributed by atoms with Crippen molar-refractivity contribution in [1.29, 1.82) is 0 Å². The molecule has 27 heavy (non-hydrogen) atoms. The number of carbonyl (C=O) groups is 1. The van der Waals surface area contributed by atoms with Crippen LogP contribution in [0.3, 0.4) is 0 Å². The minimum atomic E-state index is -0.348. The number of aromatic nitrogens is 1. The lowest BCUT2D eigenvalue weighted by Crippen LogP contribution is -2.35. The van der Waals surface area contributed by atoms with Crippen LogP contribution in [-0.4, -0.2) is 35.8 Å². The van der Waals surface area contributed by atoms with Crippen molar-refractivity contribution in [3.8, 4) is 11.6 Å². The molecule has 1 aromatic carbocycles. The molecule has 0 saturated carbocycles. The Hall–Kier alpha value is -3.06. The van der Waals surface area contributed by atoms with Gasteiger partial charge in [-0.3, -0.25) is 4.79 Å². The number of aliphatic hydroxyl groups excluding tert-OH is 1. The van der Waals surface area contributed by atoms with E-state index in [2.05, 4.69) is 10.3 Å². The first-order valence-electron chi connectivity index (χ1n) is 8.59. The second kappa shape index (κ2) is 8.09. The molecule has 0 aliphatic rings. The lowest BCUT2D eigenvalue weighted by molar-refractivity contribution is 0.0922. The quantitative estimate of drug-likeness (QED) is 0.664. The van der Waals surface area contributed by atoms with E-state index >= 15 is 0 Å². The third kappa shape index (κ3) is 4.03. The number of hydrogen-bond acceptors (Lipinski definition) is 6. The van der Waals surface area contributed by atoms with Gasteiger partial charge in [0, 0.05) is 17.6 Å². The standard InChI is InChI=1S/C20H22N2O5/c1-12(10-23)22-19(24)18-13(2)27-17-7-6-15(9-16(17)18)26-11-14-5-4-8-21-20(14)25-3/h4-9,12,23H,10-11H2,1-3H3,(H,22,24)/t12-/m1/s1. The van der Waals surface area contributed by atoms with Gasteiger partial charge in [0.25, 0.3) is 5.91 Å². The Labute approximate surface area is 156 Å². The molecule has 0 aliphatic heterocycles. The number of fused-ring (bicyclic) bond motifs is 1. The summed E-state index contributed by atoms with van der Waals surface area (Å²) in [7, 11) is 1.56. The number of amides is 1. The molecular weight excluding hydrogens is 348 g/mol. The van der Waals surface area contributed by atoms with Crippen LogP contribution in [0, 0.1) is 6.92 Å². The zero-order valence-corrected chi connectivity index (χ0v) is 15.5. The maximum atomic E-state index is 12.5. The SMILES string of the molecule is COc1ncccc1COc1ccc2oc(C)c(C(=O)N[C@H](C)CO)c2c1. The Kier molecular flexibility index (Phi) is 5.61. The molecule has 0 aliphatic carbocycles. The van der Waals surface area contributed by atoms with Gasteiger partial charge < -0.3 is 24.3 Å². The van der Waals surface area contributed by atoms with E-state index in [-0.39, 0.29) is 25.2 Å². The second-order valence-electron chi connectivity index (χ2n) is 6.21. The Morgan fingerprint density at radius 2 is 2.19 bits per heavy atom. The van der Waals surface area contributed by atoms with Gasteiger partial charge in [-0.15, -0.1) is 0 Å². The van der Waals surface area contributed by atoms with Gasteiger partial charge in [-0.25, -0.2) is 4.98 Å². The van der Waals surface area contributed by atoms with Gasteiger partial charge in [-0.1, -0.05) is 0 Å². The van der Waals surface area contributed by atoms with Gasteiger partial charge in [0.1, 0.15) is 23.7 Å². The van der Waals surface area contributed by atoms with Crippen molar-refractivity contribution in [2.45, 2.75) is 26.5 Å². The summed E-state index contributed by atoms with van der Waals surface area (Å²) < 4.78 is 16.8. The fourth-order valence-electron chi connectivity index (χ4n) is 2.79. The zero-order chi connectivity index (χ0) is 19.4. The van der Waals surface area contributed by atoms with Crippen LogP contribution in [-0.2, 0) is 6.61 Å². The Balaban J connectivity index is 1.86. The number of hydrogen-bond donors (Lipinski definition) is 2. The van der Waals surface area contributed by atoms with Crippen molar-refractivity contribution in [1.82, 2.24) is 10.3 Å². The van der Waals surface area contributed by atoms with Gasteiger partial charge in [-0.2, -0.15) is 0 Å². The second-order valence-corrected chi connectivity index (χ2v) is 6.21. The Morgan fingerprint density at radius 1 is 1.37 bits per heavy atom. The molecule has 7 nitrogen and oxygen atoms in total. The monoisotopic (exact) mass is 370 g/mol. The van der Waals surface area contributed by atoms with E-state index in [1.54, 1.807) is 45.4 Å². The summed E-state index contributed by atoms with van der Waals surface area (Å²) in [5.41, 5.74) is 1.86. The highest BCUT2D eigenvalue weighted by molar-refractivity contribution is 6.07. The number of ether oxygens (including phenoxy) is 2. The lowest BCUT2D eigenvalue weighted by atomic mass is 10.1. The molecule has 0 unspecified atom stereocenters. The van der Waals surface area contributed by atoms with E-state index < -0.39 is 0 Å². The zero-order valence-electron chi connectivity index (χ0n) is 15.5. The minimum absolute atomic E-state index is 0.137. The molecule has 7 heteroatoms. The highest BCUT2D eigenvalue weighted by Gasteiger charge is 2.20. The summed E-state index contributed by atoms with van der Waals surface area (Å²) in [4.78, 5) is 16.7. The van der Waals surface area contributed by atoms with Crippen LogP contribution in [0.15, 0.2) is 40.9 Å². The molecule has 0 radical (unpaired) electrons. The number of methoxy groups -OCH3 is 1. The van der Waals surface area contributed by atoms with Gasteiger partial charge in [-0.05, 0) is 44.2 Å². The number of aliphatic hydroxyl groups is 1. The molecule has 0 fully saturated rings. The van der Waals surface area contributed by atoms with Gasteiger partial charge in [0.2, 0.25) is 5.88 Å². The number of carbonyl (C=O) groups excluding carboxylic acids is 1. The summed E-state index contributed by atoms with van der Waals surface area (Å²) in [6, 6.07) is 8.67. The van der Waals surface area contributed by atoms with Crippen molar-refractivity contribution in [3.63, 3.8) is 0 Å². The third-order valence-corrected chi connectivity index (χ3v) is 4.15. The van der Waals surface area contributed by atoms with E-state index in [0.717, 1.165) is 5.56 Å². The highest BCUT2D eigenvalue weighted by atomic mass is 16.5. The molecule has 2 heterocycles. The molecular formula is C20H22N2O5. The van der Waals surface area contributed by atoms with E-state index in [1.807, 2.05) is 12.1 Å². The fourth-order valence-corrected chi connectivity index (χ4v) is 2.79. The number of benzene rings is 1. The number of nitrogens with one attached hydrogen (secondary N) is 1. The molecule has 1 amide bonds. The van der Waals surface area contributed by atoms with Gasteiger partial charge in [0.05, 0.1) is 24.8 Å². The summed E-state index contributed by atoms with van der Waals surface area (Å²) in [5.74, 6) is 1.33.